The van der Waals surface area contributed by atoms with Gasteiger partial charge in [0.25, 0.3) is 0 Å². The molecule has 9 heteroatoms. The van der Waals surface area contributed by atoms with E-state index in [1.54, 1.807) is 0 Å². The number of benzene rings is 1. The van der Waals surface area contributed by atoms with Crippen molar-refractivity contribution in [2.75, 3.05) is 20.7 Å². The number of carboxylic acids is 1. The van der Waals surface area contributed by atoms with Crippen molar-refractivity contribution >= 4 is 33.6 Å². The summed E-state index contributed by atoms with van der Waals surface area (Å²) >= 11 is 5.78. The number of sulfonamides is 1. The van der Waals surface area contributed by atoms with E-state index < -0.39 is 27.9 Å². The summed E-state index contributed by atoms with van der Waals surface area (Å²) in [5.74, 6) is -2.86. The highest BCUT2D eigenvalue weighted by Gasteiger charge is 2.29. The molecule has 1 aromatic rings. The van der Waals surface area contributed by atoms with Gasteiger partial charge in [0, 0.05) is 18.6 Å². The van der Waals surface area contributed by atoms with Gasteiger partial charge in [0.15, 0.2) is 0 Å². The number of carboxylic acid groups (broad SMARTS) is 1. The van der Waals surface area contributed by atoms with E-state index in [1.165, 1.54) is 32.2 Å². The molecule has 22 heavy (non-hydrogen) atoms. The quantitative estimate of drug-likeness (QED) is 0.780. The van der Waals surface area contributed by atoms with Crippen LogP contribution in [0.1, 0.15) is 17.3 Å². The molecular weight excluding hydrogens is 334 g/mol. The molecule has 0 fully saturated rings. The zero-order valence-electron chi connectivity index (χ0n) is 12.2. The number of methoxy groups -OCH3 is 1. The van der Waals surface area contributed by atoms with Crippen LogP contribution in [0, 0.1) is 5.92 Å². The Kier molecular flexibility index (Phi) is 5.92. The van der Waals surface area contributed by atoms with Crippen LogP contribution in [0.3, 0.4) is 0 Å². The molecule has 0 radical (unpaired) electrons. The van der Waals surface area contributed by atoms with Gasteiger partial charge in [-0.05, 0) is 18.2 Å². The summed E-state index contributed by atoms with van der Waals surface area (Å²) in [7, 11) is -1.70. The average molecular weight is 350 g/mol. The second kappa shape index (κ2) is 7.08. The molecule has 1 atom stereocenters. The molecule has 0 spiro atoms. The molecule has 0 aliphatic heterocycles. The summed E-state index contributed by atoms with van der Waals surface area (Å²) in [6.07, 6.45) is 0. The molecule has 1 unspecified atom stereocenters. The van der Waals surface area contributed by atoms with E-state index in [9.17, 15) is 18.0 Å². The number of carbonyl (C=O) groups excluding carboxylic acids is 1. The first kappa shape index (κ1) is 18.4. The lowest BCUT2D eigenvalue weighted by molar-refractivity contribution is -0.141. The van der Waals surface area contributed by atoms with Gasteiger partial charge >= 0.3 is 11.9 Å². The van der Waals surface area contributed by atoms with Crippen molar-refractivity contribution in [1.29, 1.82) is 0 Å². The lowest BCUT2D eigenvalue weighted by atomic mass is 10.2. The van der Waals surface area contributed by atoms with Crippen LogP contribution in [0.2, 0.25) is 5.02 Å². The molecule has 7 nitrogen and oxygen atoms in total. The largest absolute Gasteiger partial charge is 0.481 e. The Morgan fingerprint density at radius 1 is 1.41 bits per heavy atom. The average Bonchev–Trinajstić information content (AvgIpc) is 2.45. The van der Waals surface area contributed by atoms with E-state index in [4.69, 9.17) is 16.7 Å². The number of hydrogen-bond acceptors (Lipinski definition) is 5. The molecule has 1 rings (SSSR count). The highest BCUT2D eigenvalue weighted by molar-refractivity contribution is 7.89. The summed E-state index contributed by atoms with van der Waals surface area (Å²) in [6.45, 7) is 1.15. The number of rotatable bonds is 6. The molecule has 0 bridgehead atoms. The first-order chi connectivity index (χ1) is 10.1. The Balaban J connectivity index is 3.28. The summed E-state index contributed by atoms with van der Waals surface area (Å²) < 4.78 is 30.5. The van der Waals surface area contributed by atoms with Gasteiger partial charge in [-0.1, -0.05) is 18.5 Å². The number of ether oxygens (including phenoxy) is 1. The molecule has 0 saturated carbocycles. The van der Waals surface area contributed by atoms with Gasteiger partial charge in [0.05, 0.1) is 23.5 Å². The number of esters is 1. The van der Waals surface area contributed by atoms with Crippen LogP contribution in [0.25, 0.3) is 0 Å². The van der Waals surface area contributed by atoms with E-state index >= 15 is 0 Å². The van der Waals surface area contributed by atoms with Gasteiger partial charge in [0.1, 0.15) is 0 Å². The van der Waals surface area contributed by atoms with E-state index in [0.717, 1.165) is 11.4 Å². The van der Waals surface area contributed by atoms with Gasteiger partial charge in [-0.15, -0.1) is 0 Å². The minimum absolute atomic E-state index is 0.181. The first-order valence-corrected chi connectivity index (χ1v) is 8.00. The number of nitrogens with zero attached hydrogens (tertiary/aromatic N) is 1. The summed E-state index contributed by atoms with van der Waals surface area (Å²) in [6, 6.07) is 3.70. The third kappa shape index (κ3) is 3.96. The van der Waals surface area contributed by atoms with Crippen LogP contribution in [0.15, 0.2) is 23.1 Å². The SMILES string of the molecule is COC(=O)c1cc(Cl)ccc1S(=O)(=O)N(C)CC(C)C(=O)O. The fraction of sp³-hybridized carbons (Fsp3) is 0.385. The van der Waals surface area contributed by atoms with Crippen molar-refractivity contribution in [3.63, 3.8) is 0 Å². The second-order valence-corrected chi connectivity index (χ2v) is 7.11. The lowest BCUT2D eigenvalue weighted by Gasteiger charge is -2.20. The van der Waals surface area contributed by atoms with Crippen LogP contribution < -0.4 is 0 Å². The highest BCUT2D eigenvalue weighted by atomic mass is 35.5. The van der Waals surface area contributed by atoms with Crippen molar-refractivity contribution in [3.05, 3.63) is 28.8 Å². The Labute approximate surface area is 133 Å². The molecule has 0 aliphatic carbocycles. The maximum absolute atomic E-state index is 12.5. The van der Waals surface area contributed by atoms with Crippen molar-refractivity contribution in [2.24, 2.45) is 5.92 Å². The van der Waals surface area contributed by atoms with Crippen molar-refractivity contribution in [2.45, 2.75) is 11.8 Å². The summed E-state index contributed by atoms with van der Waals surface area (Å²) in [4.78, 5) is 22.3. The molecule has 122 valence electrons. The molecule has 0 heterocycles. The maximum atomic E-state index is 12.5. The van der Waals surface area contributed by atoms with Gasteiger partial charge < -0.3 is 9.84 Å². The van der Waals surface area contributed by atoms with Crippen molar-refractivity contribution in [3.8, 4) is 0 Å². The summed E-state index contributed by atoms with van der Waals surface area (Å²) in [5.41, 5.74) is -0.204. The van der Waals surface area contributed by atoms with E-state index in [-0.39, 0.29) is 22.0 Å². The standard InChI is InChI=1S/C13H16ClNO6S/c1-8(12(16)17)7-15(2)22(19,20)11-5-4-9(14)6-10(11)13(18)21-3/h4-6,8H,7H2,1-3H3,(H,16,17). The molecular formula is C13H16ClNO6S. The van der Waals surface area contributed by atoms with Crippen LogP contribution in [0.5, 0.6) is 0 Å². The van der Waals surface area contributed by atoms with E-state index in [1.807, 2.05) is 0 Å². The second-order valence-electron chi connectivity index (χ2n) is 4.66. The monoisotopic (exact) mass is 349 g/mol. The van der Waals surface area contributed by atoms with Crippen LogP contribution >= 0.6 is 11.6 Å². The van der Waals surface area contributed by atoms with E-state index in [0.29, 0.717) is 0 Å². The molecule has 0 saturated heterocycles. The predicted molar refractivity (Wildman–Crippen MR) is 79.4 cm³/mol. The van der Waals surface area contributed by atoms with Crippen LogP contribution in [-0.4, -0.2) is 50.5 Å². The van der Waals surface area contributed by atoms with Crippen LogP contribution in [0.4, 0.5) is 0 Å². The zero-order chi connectivity index (χ0) is 17.1. The van der Waals surface area contributed by atoms with Gasteiger partial charge in [-0.25, -0.2) is 17.5 Å². The van der Waals surface area contributed by atoms with Crippen molar-refractivity contribution in [1.82, 2.24) is 4.31 Å². The molecule has 1 aromatic carbocycles. The first-order valence-electron chi connectivity index (χ1n) is 6.18. The number of hydrogen-bond donors (Lipinski definition) is 1. The van der Waals surface area contributed by atoms with Gasteiger partial charge in [0.2, 0.25) is 10.0 Å². The summed E-state index contributed by atoms with van der Waals surface area (Å²) in [5, 5.41) is 9.05. The van der Waals surface area contributed by atoms with E-state index in [2.05, 4.69) is 4.74 Å². The molecule has 0 aromatic heterocycles. The Bertz CT molecular complexity index is 688. The molecule has 0 amide bonds. The van der Waals surface area contributed by atoms with Gasteiger partial charge in [-0.3, -0.25) is 4.79 Å². The predicted octanol–water partition coefficient (Wildman–Crippen LogP) is 1.47. The Hall–Kier alpha value is -1.64. The third-order valence-electron chi connectivity index (χ3n) is 2.99. The molecule has 1 N–H and O–H groups in total. The topological polar surface area (TPSA) is 101 Å². The number of carbonyl (C=O) groups is 2. The maximum Gasteiger partial charge on any atom is 0.339 e. The number of aliphatic carboxylic acids is 1. The van der Waals surface area contributed by atoms with Crippen LogP contribution in [-0.2, 0) is 19.6 Å². The third-order valence-corrected chi connectivity index (χ3v) is 5.10. The minimum atomic E-state index is -4.06. The smallest absolute Gasteiger partial charge is 0.339 e. The zero-order valence-corrected chi connectivity index (χ0v) is 13.8. The Morgan fingerprint density at radius 2 is 2.00 bits per heavy atom. The normalized spacial score (nSPS) is 13.0. The fourth-order valence-corrected chi connectivity index (χ4v) is 3.31. The Morgan fingerprint density at radius 3 is 2.50 bits per heavy atom. The molecule has 0 aliphatic rings. The lowest BCUT2D eigenvalue weighted by Crippen LogP contribution is -2.34. The van der Waals surface area contributed by atoms with Gasteiger partial charge in [-0.2, -0.15) is 0 Å². The van der Waals surface area contributed by atoms with Crippen molar-refractivity contribution < 1.29 is 27.9 Å². The highest BCUT2D eigenvalue weighted by Crippen LogP contribution is 2.24. The number of halogens is 1. The minimum Gasteiger partial charge on any atom is -0.481 e. The fourth-order valence-electron chi connectivity index (χ4n) is 1.73.